The van der Waals surface area contributed by atoms with Crippen LogP contribution in [0.5, 0.6) is 0 Å². The third kappa shape index (κ3) is 4.14. The Kier molecular flexibility index (Phi) is 5.89. The smallest absolute Gasteiger partial charge is 0.225 e. The second kappa shape index (κ2) is 5.47. The van der Waals surface area contributed by atoms with Gasteiger partial charge in [-0.05, 0) is 18.0 Å². The third-order valence-electron chi connectivity index (χ3n) is 1.14. The average Bonchev–Trinajstić information content (AvgIpc) is 1.82. The first-order valence-electron chi connectivity index (χ1n) is 2.97. The molecule has 0 aliphatic heterocycles. The van der Waals surface area contributed by atoms with E-state index in [1.54, 1.807) is 0 Å². The van der Waals surface area contributed by atoms with Crippen molar-refractivity contribution < 1.29 is 4.79 Å². The molecule has 9 heavy (non-hydrogen) atoms. The van der Waals surface area contributed by atoms with Crippen LogP contribution in [0.4, 0.5) is 0 Å². The van der Waals surface area contributed by atoms with Crippen molar-refractivity contribution in [3.05, 3.63) is 0 Å². The maximum atomic E-state index is 10.5. The molecule has 3 heteroatoms. The molecule has 0 aliphatic rings. The number of carbonyl (C=O) groups excluding carboxylic acids is 1. The lowest BCUT2D eigenvalue weighted by Crippen LogP contribution is -2.09. The number of alkyl halides is 1. The number of rotatable bonds is 4. The maximum Gasteiger partial charge on any atom is 0.225 e. The summed E-state index contributed by atoms with van der Waals surface area (Å²) in [5, 5.41) is -0.189. The molecular weight excluding hydrogens is 250 g/mol. The fourth-order valence-corrected chi connectivity index (χ4v) is 1.89. The highest BCUT2D eigenvalue weighted by Crippen LogP contribution is 2.12. The van der Waals surface area contributed by atoms with E-state index in [1.807, 2.05) is 0 Å². The van der Waals surface area contributed by atoms with Crippen LogP contribution in [0.1, 0.15) is 19.8 Å². The zero-order valence-corrected chi connectivity index (χ0v) is 8.28. The lowest BCUT2D eigenvalue weighted by Gasteiger charge is -2.04. The number of halogens is 2. The molecule has 0 aromatic heterocycles. The summed E-state index contributed by atoms with van der Waals surface area (Å²) in [4.78, 5) is 10.5. The predicted molar refractivity (Wildman–Crippen MR) is 48.1 cm³/mol. The van der Waals surface area contributed by atoms with Gasteiger partial charge in [-0.15, -0.1) is 0 Å². The van der Waals surface area contributed by atoms with Crippen molar-refractivity contribution >= 4 is 39.4 Å². The second-order valence-electron chi connectivity index (χ2n) is 1.94. The lowest BCUT2D eigenvalue weighted by molar-refractivity contribution is -0.114. The minimum absolute atomic E-state index is 0.0808. The Morgan fingerprint density at radius 3 is 2.44 bits per heavy atom. The average molecular weight is 261 g/mol. The van der Waals surface area contributed by atoms with Gasteiger partial charge in [-0.2, -0.15) is 0 Å². The maximum absolute atomic E-state index is 10.5. The molecule has 0 aliphatic carbocycles. The standard InChI is InChI=1S/C6H10ClIO/c1-2-3-5(4-8)6(7)9/h5H,2-4H2,1H3. The molecule has 0 radical (unpaired) electrons. The molecule has 0 fully saturated rings. The van der Waals surface area contributed by atoms with Gasteiger partial charge in [0.25, 0.3) is 0 Å². The Balaban J connectivity index is 3.54. The molecule has 0 amide bonds. The van der Waals surface area contributed by atoms with Gasteiger partial charge in [0.2, 0.25) is 5.24 Å². The highest BCUT2D eigenvalue weighted by Gasteiger charge is 2.12. The summed E-state index contributed by atoms with van der Waals surface area (Å²) in [6.07, 6.45) is 1.96. The van der Waals surface area contributed by atoms with Crippen LogP contribution in [0.2, 0.25) is 0 Å². The molecule has 0 aromatic rings. The zero-order valence-electron chi connectivity index (χ0n) is 5.36. The van der Waals surface area contributed by atoms with Gasteiger partial charge in [-0.25, -0.2) is 0 Å². The first-order valence-corrected chi connectivity index (χ1v) is 4.88. The van der Waals surface area contributed by atoms with Crippen LogP contribution in [0.15, 0.2) is 0 Å². The molecule has 0 bridgehead atoms. The molecule has 1 atom stereocenters. The van der Waals surface area contributed by atoms with Gasteiger partial charge in [0, 0.05) is 10.3 Å². The Bertz CT molecular complexity index is 95.1. The van der Waals surface area contributed by atoms with E-state index < -0.39 is 0 Å². The van der Waals surface area contributed by atoms with Crippen molar-refractivity contribution in [1.29, 1.82) is 0 Å². The van der Waals surface area contributed by atoms with Gasteiger partial charge < -0.3 is 0 Å². The van der Waals surface area contributed by atoms with Crippen LogP contribution in [-0.4, -0.2) is 9.67 Å². The molecule has 0 rings (SSSR count). The molecule has 0 saturated carbocycles. The van der Waals surface area contributed by atoms with Gasteiger partial charge in [-0.3, -0.25) is 4.79 Å². The molecule has 0 heterocycles. The summed E-state index contributed by atoms with van der Waals surface area (Å²) < 4.78 is 0.841. The van der Waals surface area contributed by atoms with Crippen molar-refractivity contribution in [2.45, 2.75) is 19.8 Å². The van der Waals surface area contributed by atoms with Crippen LogP contribution in [0, 0.1) is 5.92 Å². The zero-order chi connectivity index (χ0) is 7.28. The topological polar surface area (TPSA) is 17.1 Å². The van der Waals surface area contributed by atoms with Crippen molar-refractivity contribution in [3.63, 3.8) is 0 Å². The molecule has 0 spiro atoms. The van der Waals surface area contributed by atoms with Gasteiger partial charge >= 0.3 is 0 Å². The predicted octanol–water partition coefficient (Wildman–Crippen LogP) is 2.60. The Hall–Kier alpha value is 0.690. The highest BCUT2D eigenvalue weighted by atomic mass is 127. The van der Waals surface area contributed by atoms with E-state index in [-0.39, 0.29) is 11.2 Å². The van der Waals surface area contributed by atoms with E-state index in [9.17, 15) is 4.79 Å². The monoisotopic (exact) mass is 260 g/mol. The van der Waals surface area contributed by atoms with Gasteiger partial charge in [0.1, 0.15) is 0 Å². The van der Waals surface area contributed by atoms with Crippen LogP contribution in [0.3, 0.4) is 0 Å². The minimum atomic E-state index is -0.189. The summed E-state index contributed by atoms with van der Waals surface area (Å²) in [6, 6.07) is 0. The van der Waals surface area contributed by atoms with Crippen molar-refractivity contribution in [2.75, 3.05) is 4.43 Å². The molecule has 1 nitrogen and oxygen atoms in total. The van der Waals surface area contributed by atoms with Gasteiger partial charge in [-0.1, -0.05) is 35.9 Å². The van der Waals surface area contributed by atoms with Crippen LogP contribution in [-0.2, 0) is 4.79 Å². The first kappa shape index (κ1) is 9.69. The second-order valence-corrected chi connectivity index (χ2v) is 3.20. The fourth-order valence-electron chi connectivity index (χ4n) is 0.600. The van der Waals surface area contributed by atoms with Crippen molar-refractivity contribution in [1.82, 2.24) is 0 Å². The van der Waals surface area contributed by atoms with Crippen LogP contribution >= 0.6 is 34.2 Å². The largest absolute Gasteiger partial charge is 0.281 e. The third-order valence-corrected chi connectivity index (χ3v) is 2.52. The van der Waals surface area contributed by atoms with E-state index in [4.69, 9.17) is 11.6 Å². The van der Waals surface area contributed by atoms with Crippen molar-refractivity contribution in [3.8, 4) is 0 Å². The highest BCUT2D eigenvalue weighted by molar-refractivity contribution is 14.1. The quantitative estimate of drug-likeness (QED) is 0.431. The van der Waals surface area contributed by atoms with Gasteiger partial charge in [0.15, 0.2) is 0 Å². The summed E-state index contributed by atoms with van der Waals surface area (Å²) >= 11 is 7.46. The minimum Gasteiger partial charge on any atom is -0.281 e. The molecule has 1 unspecified atom stereocenters. The summed E-state index contributed by atoms with van der Waals surface area (Å²) in [7, 11) is 0. The molecule has 0 aromatic carbocycles. The Labute approximate surface area is 74.3 Å². The Morgan fingerprint density at radius 1 is 1.78 bits per heavy atom. The number of carbonyl (C=O) groups is 1. The summed E-state index contributed by atoms with van der Waals surface area (Å²) in [6.45, 7) is 2.05. The fraction of sp³-hybridized carbons (Fsp3) is 0.833. The van der Waals surface area contributed by atoms with E-state index in [2.05, 4.69) is 29.5 Å². The van der Waals surface area contributed by atoms with E-state index in [1.165, 1.54) is 0 Å². The lowest BCUT2D eigenvalue weighted by atomic mass is 10.1. The molecule has 0 saturated heterocycles. The van der Waals surface area contributed by atoms with Crippen molar-refractivity contribution in [2.24, 2.45) is 5.92 Å². The molecule has 0 N–H and O–H groups in total. The summed E-state index contributed by atoms with van der Waals surface area (Å²) in [5.74, 6) is 0.0808. The van der Waals surface area contributed by atoms with E-state index in [0.717, 1.165) is 17.3 Å². The first-order chi connectivity index (χ1) is 4.22. The van der Waals surface area contributed by atoms with E-state index in [0.29, 0.717) is 0 Å². The van der Waals surface area contributed by atoms with Gasteiger partial charge in [0.05, 0.1) is 0 Å². The van der Waals surface area contributed by atoms with Crippen LogP contribution < -0.4 is 0 Å². The Morgan fingerprint density at radius 2 is 2.33 bits per heavy atom. The normalized spacial score (nSPS) is 13.2. The number of hydrogen-bond donors (Lipinski definition) is 0. The SMILES string of the molecule is CCCC(CI)C(=O)Cl. The van der Waals surface area contributed by atoms with E-state index >= 15 is 0 Å². The molecule has 54 valence electrons. The number of hydrogen-bond acceptors (Lipinski definition) is 1. The van der Waals surface area contributed by atoms with Crippen LogP contribution in [0.25, 0.3) is 0 Å². The molecular formula is C6H10ClIO. The summed E-state index contributed by atoms with van der Waals surface area (Å²) in [5.41, 5.74) is 0.